The Kier molecular flexibility index (Phi) is 5.38. The summed E-state index contributed by atoms with van der Waals surface area (Å²) in [6, 6.07) is 7.78. The van der Waals surface area contributed by atoms with Gasteiger partial charge in [-0.25, -0.2) is 0 Å². The number of hydrogen-bond acceptors (Lipinski definition) is 6. The Bertz CT molecular complexity index is 795. The van der Waals surface area contributed by atoms with Crippen molar-refractivity contribution in [3.05, 3.63) is 29.8 Å². The second-order valence-corrected chi connectivity index (χ2v) is 8.59. The van der Waals surface area contributed by atoms with Gasteiger partial charge < -0.3 is 9.64 Å². The molecule has 1 atom stereocenters. The molecule has 2 aliphatic rings. The molecular weight excluding hydrogens is 360 g/mol. The molecule has 144 valence electrons. The molecule has 1 saturated heterocycles. The summed E-state index contributed by atoms with van der Waals surface area (Å²) >= 11 is 1.52. The molecule has 1 aliphatic carbocycles. The van der Waals surface area contributed by atoms with Crippen LogP contribution in [0, 0.1) is 0 Å². The Hall–Kier alpha value is -2.02. The predicted octanol–water partition coefficient (Wildman–Crippen LogP) is 3.98. The fraction of sp³-hybridized carbons (Fsp3) is 0.550. The number of aromatic nitrogens is 3. The van der Waals surface area contributed by atoms with Gasteiger partial charge in [0.05, 0.1) is 12.4 Å². The number of ketones is 1. The summed E-state index contributed by atoms with van der Waals surface area (Å²) < 4.78 is 7.44. The van der Waals surface area contributed by atoms with Gasteiger partial charge in [-0.05, 0) is 63.3 Å². The molecule has 2 aromatic rings. The van der Waals surface area contributed by atoms with E-state index in [-0.39, 0.29) is 11.0 Å². The van der Waals surface area contributed by atoms with Gasteiger partial charge in [-0.2, -0.15) is 0 Å². The summed E-state index contributed by atoms with van der Waals surface area (Å²) in [5.74, 6) is 1.85. The summed E-state index contributed by atoms with van der Waals surface area (Å²) in [5, 5.41) is 9.61. The van der Waals surface area contributed by atoms with Crippen molar-refractivity contribution in [1.82, 2.24) is 14.8 Å². The third kappa shape index (κ3) is 3.98. The average Bonchev–Trinajstić information content (AvgIpc) is 3.48. The first-order valence-electron chi connectivity index (χ1n) is 9.72. The van der Waals surface area contributed by atoms with E-state index in [0.29, 0.717) is 11.6 Å². The highest BCUT2D eigenvalue weighted by Gasteiger charge is 2.33. The number of hydrogen-bond donors (Lipinski definition) is 0. The lowest BCUT2D eigenvalue weighted by Crippen LogP contribution is -2.32. The highest BCUT2D eigenvalue weighted by molar-refractivity contribution is 8.00. The topological polar surface area (TPSA) is 60.2 Å². The van der Waals surface area contributed by atoms with Crippen LogP contribution in [-0.2, 0) is 0 Å². The lowest BCUT2D eigenvalue weighted by molar-refractivity contribution is 0.0994. The fourth-order valence-electron chi connectivity index (χ4n) is 3.51. The Morgan fingerprint density at radius 3 is 2.48 bits per heavy atom. The molecule has 2 heterocycles. The van der Waals surface area contributed by atoms with Gasteiger partial charge in [0.2, 0.25) is 5.95 Å². The van der Waals surface area contributed by atoms with Crippen LogP contribution in [0.5, 0.6) is 5.75 Å². The van der Waals surface area contributed by atoms with Gasteiger partial charge in [-0.15, -0.1) is 10.2 Å². The third-order valence-electron chi connectivity index (χ3n) is 5.22. The number of thioether (sulfide) groups is 1. The number of anilines is 1. The summed E-state index contributed by atoms with van der Waals surface area (Å²) in [4.78, 5) is 15.2. The van der Waals surface area contributed by atoms with Gasteiger partial charge >= 0.3 is 0 Å². The molecule has 6 nitrogen and oxygen atoms in total. The maximum atomic E-state index is 12.8. The first-order valence-corrected chi connectivity index (χ1v) is 10.6. The van der Waals surface area contributed by atoms with E-state index >= 15 is 0 Å². The van der Waals surface area contributed by atoms with Gasteiger partial charge in [-0.1, -0.05) is 11.8 Å². The molecule has 0 spiro atoms. The van der Waals surface area contributed by atoms with Gasteiger partial charge in [0.25, 0.3) is 0 Å². The lowest BCUT2D eigenvalue weighted by atomic mass is 10.1. The second-order valence-electron chi connectivity index (χ2n) is 7.28. The predicted molar refractivity (Wildman–Crippen MR) is 107 cm³/mol. The highest BCUT2D eigenvalue weighted by Crippen LogP contribution is 2.42. The van der Waals surface area contributed by atoms with Crippen LogP contribution < -0.4 is 9.64 Å². The molecule has 0 bridgehead atoms. The number of methoxy groups -OCH3 is 1. The SMILES string of the molecule is COc1ccc(C(=O)C(C)Sc2nnc(N3CCCCC3)n2C2CC2)cc1. The largest absolute Gasteiger partial charge is 0.497 e. The molecular formula is C20H26N4O2S. The number of carbonyl (C=O) groups is 1. The maximum absolute atomic E-state index is 12.8. The van der Waals surface area contributed by atoms with Crippen LogP contribution in [0.15, 0.2) is 29.4 Å². The Balaban J connectivity index is 1.51. The molecule has 2 fully saturated rings. The van der Waals surface area contributed by atoms with Crippen molar-refractivity contribution in [1.29, 1.82) is 0 Å². The van der Waals surface area contributed by atoms with E-state index in [4.69, 9.17) is 4.74 Å². The number of rotatable bonds is 7. The number of ether oxygens (including phenoxy) is 1. The van der Waals surface area contributed by atoms with Gasteiger partial charge in [0.1, 0.15) is 5.75 Å². The normalized spacial score (nSPS) is 18.4. The van der Waals surface area contributed by atoms with Crippen LogP contribution in [0.1, 0.15) is 55.4 Å². The summed E-state index contributed by atoms with van der Waals surface area (Å²) in [5.41, 5.74) is 0.699. The zero-order valence-corrected chi connectivity index (χ0v) is 16.7. The van der Waals surface area contributed by atoms with Gasteiger partial charge in [0, 0.05) is 24.7 Å². The van der Waals surface area contributed by atoms with E-state index in [1.54, 1.807) is 7.11 Å². The number of piperidine rings is 1. The second kappa shape index (κ2) is 7.92. The van der Waals surface area contributed by atoms with Gasteiger partial charge in [0.15, 0.2) is 10.9 Å². The maximum Gasteiger partial charge on any atom is 0.228 e. The minimum Gasteiger partial charge on any atom is -0.497 e. The highest BCUT2D eigenvalue weighted by atomic mass is 32.2. The monoisotopic (exact) mass is 386 g/mol. The molecule has 1 aliphatic heterocycles. The summed E-state index contributed by atoms with van der Waals surface area (Å²) in [6.45, 7) is 4.05. The number of benzene rings is 1. The van der Waals surface area contributed by atoms with E-state index in [1.165, 1.54) is 43.9 Å². The van der Waals surface area contributed by atoms with Crippen molar-refractivity contribution >= 4 is 23.5 Å². The van der Waals surface area contributed by atoms with Crippen LogP contribution in [0.4, 0.5) is 5.95 Å². The molecule has 0 N–H and O–H groups in total. The van der Waals surface area contributed by atoms with Crippen molar-refractivity contribution in [2.75, 3.05) is 25.1 Å². The molecule has 7 heteroatoms. The molecule has 0 amide bonds. The molecule has 1 aromatic heterocycles. The minimum absolute atomic E-state index is 0.104. The van der Waals surface area contributed by atoms with E-state index in [1.807, 2.05) is 31.2 Å². The Labute approximate surface area is 164 Å². The Morgan fingerprint density at radius 1 is 1.15 bits per heavy atom. The summed E-state index contributed by atoms with van der Waals surface area (Å²) in [7, 11) is 1.62. The van der Waals surface area contributed by atoms with Crippen LogP contribution in [0.2, 0.25) is 0 Å². The minimum atomic E-state index is -0.214. The average molecular weight is 387 g/mol. The summed E-state index contributed by atoms with van der Waals surface area (Å²) in [6.07, 6.45) is 6.07. The number of Topliss-reactive ketones (excluding diaryl/α,β-unsaturated/α-hetero) is 1. The molecule has 0 radical (unpaired) electrons. The van der Waals surface area contributed by atoms with E-state index in [0.717, 1.165) is 29.9 Å². The van der Waals surface area contributed by atoms with Crippen molar-refractivity contribution in [3.63, 3.8) is 0 Å². The van der Waals surface area contributed by atoms with Crippen molar-refractivity contribution in [3.8, 4) is 5.75 Å². The van der Waals surface area contributed by atoms with Crippen LogP contribution in [-0.4, -0.2) is 46.0 Å². The Morgan fingerprint density at radius 2 is 1.85 bits per heavy atom. The van der Waals surface area contributed by atoms with Crippen LogP contribution >= 0.6 is 11.8 Å². The zero-order chi connectivity index (χ0) is 18.8. The molecule has 4 rings (SSSR count). The van der Waals surface area contributed by atoms with Crippen molar-refractivity contribution in [2.24, 2.45) is 0 Å². The van der Waals surface area contributed by atoms with Crippen molar-refractivity contribution in [2.45, 2.75) is 55.5 Å². The molecule has 1 unspecified atom stereocenters. The standard InChI is InChI=1S/C20H26N4O2S/c1-14(18(25)15-6-10-17(26-2)11-7-15)27-20-22-21-19(24(20)16-8-9-16)23-12-4-3-5-13-23/h6-7,10-11,14,16H,3-5,8-9,12-13H2,1-2H3. The smallest absolute Gasteiger partial charge is 0.228 e. The fourth-order valence-corrected chi connectivity index (χ4v) is 4.50. The third-order valence-corrected chi connectivity index (χ3v) is 6.28. The lowest BCUT2D eigenvalue weighted by Gasteiger charge is -2.28. The molecule has 1 aromatic carbocycles. The van der Waals surface area contributed by atoms with E-state index < -0.39 is 0 Å². The van der Waals surface area contributed by atoms with Crippen molar-refractivity contribution < 1.29 is 9.53 Å². The molecule has 27 heavy (non-hydrogen) atoms. The number of nitrogens with zero attached hydrogens (tertiary/aromatic N) is 4. The molecule has 1 saturated carbocycles. The van der Waals surface area contributed by atoms with Gasteiger partial charge in [-0.3, -0.25) is 9.36 Å². The quantitative estimate of drug-likeness (QED) is 0.530. The van der Waals surface area contributed by atoms with E-state index in [2.05, 4.69) is 19.7 Å². The van der Waals surface area contributed by atoms with Crippen LogP contribution in [0.3, 0.4) is 0 Å². The first kappa shape index (κ1) is 18.3. The number of carbonyl (C=O) groups excluding carboxylic acids is 1. The van der Waals surface area contributed by atoms with Crippen LogP contribution in [0.25, 0.3) is 0 Å². The first-order chi connectivity index (χ1) is 13.2. The van der Waals surface area contributed by atoms with E-state index in [9.17, 15) is 4.79 Å². The zero-order valence-electron chi connectivity index (χ0n) is 15.9.